The van der Waals surface area contributed by atoms with Crippen molar-refractivity contribution in [1.82, 2.24) is 0 Å². The zero-order valence-electron chi connectivity index (χ0n) is 11.4. The van der Waals surface area contributed by atoms with Gasteiger partial charge in [-0.05, 0) is 44.1 Å². The first-order valence-electron chi connectivity index (χ1n) is 6.59. The maximum absolute atomic E-state index is 9.80. The first-order valence-corrected chi connectivity index (χ1v) is 10.0. The van der Waals surface area contributed by atoms with E-state index in [1.807, 2.05) is 12.1 Å². The van der Waals surface area contributed by atoms with E-state index in [-0.39, 0.29) is 6.10 Å². The third-order valence-electron chi connectivity index (χ3n) is 3.08. The van der Waals surface area contributed by atoms with E-state index in [1.165, 1.54) is 5.56 Å². The van der Waals surface area contributed by atoms with Crippen LogP contribution in [-0.2, 0) is 4.43 Å². The predicted molar refractivity (Wildman–Crippen MR) is 76.9 cm³/mol. The molecule has 0 fully saturated rings. The molecule has 98 valence electrons. The van der Waals surface area contributed by atoms with E-state index in [1.54, 1.807) is 0 Å². The van der Waals surface area contributed by atoms with Crippen LogP contribution >= 0.6 is 0 Å². The summed E-state index contributed by atoms with van der Waals surface area (Å²) >= 11 is 0. The molecule has 2 nitrogen and oxygen atoms in total. The van der Waals surface area contributed by atoms with Crippen molar-refractivity contribution in [3.05, 3.63) is 47.7 Å². The standard InChI is InChI=1S/C15H22O2Si/c1-18(2,3)17-15-11-13(16)9-10-14(15)12-7-5-4-6-8-12/h4-8,11,13-14,16H,9-10H2,1-3H3/t13-,14+/m0/s1. The molecule has 2 atom stereocenters. The highest BCUT2D eigenvalue weighted by Crippen LogP contribution is 2.36. The largest absolute Gasteiger partial charge is 0.547 e. The van der Waals surface area contributed by atoms with Crippen LogP contribution in [0.3, 0.4) is 0 Å². The molecule has 2 rings (SSSR count). The Morgan fingerprint density at radius 1 is 1.11 bits per heavy atom. The summed E-state index contributed by atoms with van der Waals surface area (Å²) in [7, 11) is -1.63. The monoisotopic (exact) mass is 262 g/mol. The summed E-state index contributed by atoms with van der Waals surface area (Å²) in [5.41, 5.74) is 1.29. The van der Waals surface area contributed by atoms with Crippen LogP contribution < -0.4 is 0 Å². The molecule has 1 aliphatic carbocycles. The van der Waals surface area contributed by atoms with Crippen molar-refractivity contribution in [1.29, 1.82) is 0 Å². The van der Waals surface area contributed by atoms with Gasteiger partial charge in [0.1, 0.15) is 0 Å². The average molecular weight is 262 g/mol. The summed E-state index contributed by atoms with van der Waals surface area (Å²) in [5.74, 6) is 1.28. The summed E-state index contributed by atoms with van der Waals surface area (Å²) in [6.07, 6.45) is 3.33. The van der Waals surface area contributed by atoms with Crippen molar-refractivity contribution in [3.63, 3.8) is 0 Å². The van der Waals surface area contributed by atoms with E-state index in [9.17, 15) is 5.11 Å². The van der Waals surface area contributed by atoms with Crippen LogP contribution in [0.1, 0.15) is 24.3 Å². The quantitative estimate of drug-likeness (QED) is 0.842. The van der Waals surface area contributed by atoms with Gasteiger partial charge < -0.3 is 9.53 Å². The molecule has 0 aliphatic heterocycles. The molecule has 1 N–H and O–H groups in total. The summed E-state index contributed by atoms with van der Waals surface area (Å²) < 4.78 is 6.16. The number of benzene rings is 1. The van der Waals surface area contributed by atoms with E-state index >= 15 is 0 Å². The fraction of sp³-hybridized carbons (Fsp3) is 0.467. The maximum Gasteiger partial charge on any atom is 0.241 e. The first kappa shape index (κ1) is 13.4. The third-order valence-corrected chi connectivity index (χ3v) is 3.93. The molecule has 0 saturated heterocycles. The lowest BCUT2D eigenvalue weighted by Gasteiger charge is -2.32. The van der Waals surface area contributed by atoms with Crippen molar-refractivity contribution in [3.8, 4) is 0 Å². The van der Waals surface area contributed by atoms with E-state index in [2.05, 4.69) is 43.9 Å². The summed E-state index contributed by atoms with van der Waals surface area (Å²) in [4.78, 5) is 0. The molecule has 18 heavy (non-hydrogen) atoms. The van der Waals surface area contributed by atoms with Gasteiger partial charge in [0.25, 0.3) is 0 Å². The molecule has 0 amide bonds. The van der Waals surface area contributed by atoms with Crippen LogP contribution in [0, 0.1) is 0 Å². The molecule has 1 aromatic carbocycles. The Bertz CT molecular complexity index is 420. The minimum atomic E-state index is -1.63. The Labute approximate surface area is 110 Å². The fourth-order valence-corrected chi connectivity index (χ4v) is 3.26. The molecule has 0 heterocycles. The average Bonchev–Trinajstić information content (AvgIpc) is 2.28. The zero-order chi connectivity index (χ0) is 13.2. The molecule has 1 aromatic rings. The second kappa shape index (κ2) is 5.29. The Balaban J connectivity index is 2.26. The molecule has 0 saturated carbocycles. The van der Waals surface area contributed by atoms with Gasteiger partial charge in [-0.3, -0.25) is 0 Å². The number of hydrogen-bond donors (Lipinski definition) is 1. The first-order chi connectivity index (χ1) is 8.46. The minimum absolute atomic E-state index is 0.307. The lowest BCUT2D eigenvalue weighted by molar-refractivity contribution is 0.183. The van der Waals surface area contributed by atoms with Crippen molar-refractivity contribution >= 4 is 8.32 Å². The maximum atomic E-state index is 9.80. The second-order valence-corrected chi connectivity index (χ2v) is 10.3. The Morgan fingerprint density at radius 3 is 2.39 bits per heavy atom. The normalized spacial score (nSPS) is 24.6. The van der Waals surface area contributed by atoms with Crippen LogP contribution in [0.5, 0.6) is 0 Å². The van der Waals surface area contributed by atoms with E-state index < -0.39 is 8.32 Å². The molecule has 0 bridgehead atoms. The van der Waals surface area contributed by atoms with Crippen LogP contribution in [0.4, 0.5) is 0 Å². The van der Waals surface area contributed by atoms with E-state index in [4.69, 9.17) is 4.43 Å². The summed E-state index contributed by atoms with van der Waals surface area (Å²) in [6, 6.07) is 10.4. The molecular weight excluding hydrogens is 240 g/mol. The van der Waals surface area contributed by atoms with Crippen molar-refractivity contribution in [2.45, 2.75) is 44.5 Å². The van der Waals surface area contributed by atoms with Crippen molar-refractivity contribution in [2.24, 2.45) is 0 Å². The highest BCUT2D eigenvalue weighted by Gasteiger charge is 2.28. The highest BCUT2D eigenvalue weighted by atomic mass is 28.4. The predicted octanol–water partition coefficient (Wildman–Crippen LogP) is 3.66. The van der Waals surface area contributed by atoms with Gasteiger partial charge in [-0.1, -0.05) is 30.3 Å². The number of aliphatic hydroxyl groups is 1. The topological polar surface area (TPSA) is 29.5 Å². The second-order valence-electron chi connectivity index (χ2n) is 5.89. The van der Waals surface area contributed by atoms with Gasteiger partial charge in [-0.2, -0.15) is 0 Å². The number of allylic oxidation sites excluding steroid dienone is 1. The van der Waals surface area contributed by atoms with Gasteiger partial charge in [-0.15, -0.1) is 0 Å². The van der Waals surface area contributed by atoms with Crippen molar-refractivity contribution in [2.75, 3.05) is 0 Å². The molecular formula is C15H22O2Si. The highest BCUT2D eigenvalue weighted by molar-refractivity contribution is 6.70. The van der Waals surface area contributed by atoms with Crippen LogP contribution in [-0.4, -0.2) is 19.5 Å². The van der Waals surface area contributed by atoms with E-state index in [0.717, 1.165) is 18.6 Å². The Kier molecular flexibility index (Phi) is 3.93. The van der Waals surface area contributed by atoms with Crippen LogP contribution in [0.25, 0.3) is 0 Å². The Morgan fingerprint density at radius 2 is 1.78 bits per heavy atom. The van der Waals surface area contributed by atoms with Crippen LogP contribution in [0.15, 0.2) is 42.2 Å². The molecule has 1 aliphatic rings. The van der Waals surface area contributed by atoms with Gasteiger partial charge >= 0.3 is 0 Å². The van der Waals surface area contributed by atoms with Crippen LogP contribution in [0.2, 0.25) is 19.6 Å². The smallest absolute Gasteiger partial charge is 0.241 e. The summed E-state index contributed by atoms with van der Waals surface area (Å²) in [6.45, 7) is 6.53. The summed E-state index contributed by atoms with van der Waals surface area (Å²) in [5, 5.41) is 9.80. The van der Waals surface area contributed by atoms with E-state index in [0.29, 0.717) is 5.92 Å². The fourth-order valence-electron chi connectivity index (χ4n) is 2.34. The van der Waals surface area contributed by atoms with Gasteiger partial charge in [0, 0.05) is 5.92 Å². The lowest BCUT2D eigenvalue weighted by Crippen LogP contribution is -2.29. The zero-order valence-corrected chi connectivity index (χ0v) is 12.4. The number of aliphatic hydroxyl groups excluding tert-OH is 1. The Hall–Kier alpha value is -1.06. The lowest BCUT2D eigenvalue weighted by atomic mass is 9.86. The number of hydrogen-bond acceptors (Lipinski definition) is 2. The SMILES string of the molecule is C[Si](C)(C)OC1=C[C@@H](O)CC[C@@H]1c1ccccc1. The molecule has 0 radical (unpaired) electrons. The van der Waals surface area contributed by atoms with Gasteiger partial charge in [0.15, 0.2) is 0 Å². The van der Waals surface area contributed by atoms with Gasteiger partial charge in [-0.25, -0.2) is 0 Å². The molecule has 3 heteroatoms. The molecule has 0 aromatic heterocycles. The van der Waals surface area contributed by atoms with Gasteiger partial charge in [0.05, 0.1) is 11.9 Å². The van der Waals surface area contributed by atoms with Gasteiger partial charge in [0.2, 0.25) is 8.32 Å². The molecule has 0 spiro atoms. The minimum Gasteiger partial charge on any atom is -0.547 e. The number of rotatable bonds is 3. The van der Waals surface area contributed by atoms with Crippen molar-refractivity contribution < 1.29 is 9.53 Å². The third kappa shape index (κ3) is 3.46. The molecule has 0 unspecified atom stereocenters.